The largest absolute Gasteiger partial charge is 0.487 e. The highest BCUT2D eigenvalue weighted by molar-refractivity contribution is 7.89. The molecule has 1 fully saturated rings. The van der Waals surface area contributed by atoms with Gasteiger partial charge in [0.25, 0.3) is 0 Å². The molecule has 0 saturated heterocycles. The van der Waals surface area contributed by atoms with E-state index >= 15 is 0 Å². The number of hydrogen-bond donors (Lipinski definition) is 2. The molecule has 144 valence electrons. The molecule has 4 rings (SSSR count). The van der Waals surface area contributed by atoms with Gasteiger partial charge in [-0.2, -0.15) is 0 Å². The minimum Gasteiger partial charge on any atom is -0.487 e. The first-order chi connectivity index (χ1) is 13.5. The summed E-state index contributed by atoms with van der Waals surface area (Å²) < 4.78 is 29.1. The van der Waals surface area contributed by atoms with Gasteiger partial charge in [0.15, 0.2) is 0 Å². The highest BCUT2D eigenvalue weighted by atomic mass is 32.2. The van der Waals surface area contributed by atoms with Crippen molar-refractivity contribution in [2.75, 3.05) is 5.32 Å². The molecule has 1 aliphatic rings. The zero-order chi connectivity index (χ0) is 19.6. The Bertz CT molecular complexity index is 1080. The molecule has 0 unspecified atom stereocenters. The fraction of sp³-hybridized carbons (Fsp3) is 0.190. The molecule has 0 amide bonds. The molecule has 3 N–H and O–H groups in total. The second-order valence-corrected chi connectivity index (χ2v) is 8.39. The van der Waals surface area contributed by atoms with Gasteiger partial charge in [-0.25, -0.2) is 13.6 Å². The van der Waals surface area contributed by atoms with E-state index < -0.39 is 10.0 Å². The van der Waals surface area contributed by atoms with E-state index in [1.807, 2.05) is 42.5 Å². The van der Waals surface area contributed by atoms with Crippen LogP contribution in [0.3, 0.4) is 0 Å². The van der Waals surface area contributed by atoms with Crippen LogP contribution in [0.5, 0.6) is 5.75 Å². The van der Waals surface area contributed by atoms with Gasteiger partial charge in [-0.1, -0.05) is 12.1 Å². The summed E-state index contributed by atoms with van der Waals surface area (Å²) in [6.45, 7) is 0.411. The summed E-state index contributed by atoms with van der Waals surface area (Å²) in [4.78, 5) is 4.35. The van der Waals surface area contributed by atoms with Crippen molar-refractivity contribution in [3.63, 3.8) is 0 Å². The molecule has 0 radical (unpaired) electrons. The van der Waals surface area contributed by atoms with Crippen molar-refractivity contribution in [3.8, 4) is 5.75 Å². The molecule has 0 spiro atoms. The molecule has 28 heavy (non-hydrogen) atoms. The number of nitrogens with one attached hydrogen (secondary N) is 1. The average Bonchev–Trinajstić information content (AvgIpc) is 3.53. The first kappa shape index (κ1) is 18.5. The molecule has 6 nitrogen and oxygen atoms in total. The van der Waals surface area contributed by atoms with Gasteiger partial charge in [0.05, 0.1) is 10.6 Å². The Morgan fingerprint density at radius 3 is 2.64 bits per heavy atom. The fourth-order valence-corrected chi connectivity index (χ4v) is 3.58. The number of pyridine rings is 1. The van der Waals surface area contributed by atoms with Gasteiger partial charge in [-0.3, -0.25) is 4.98 Å². The lowest BCUT2D eigenvalue weighted by molar-refractivity contribution is 0.301. The Labute approximate surface area is 164 Å². The summed E-state index contributed by atoms with van der Waals surface area (Å²) in [5, 5.41) is 8.55. The third-order valence-electron chi connectivity index (χ3n) is 4.59. The van der Waals surface area contributed by atoms with Gasteiger partial charge < -0.3 is 10.1 Å². The molecule has 0 bridgehead atoms. The highest BCUT2D eigenvalue weighted by Gasteiger charge is 2.27. The third-order valence-corrected chi connectivity index (χ3v) is 5.51. The molecular weight excluding hydrogens is 374 g/mol. The van der Waals surface area contributed by atoms with Crippen molar-refractivity contribution in [3.05, 3.63) is 78.1 Å². The minimum atomic E-state index is -3.74. The molecule has 1 aromatic heterocycles. The first-order valence-electron chi connectivity index (χ1n) is 9.05. The molecule has 1 saturated carbocycles. The number of benzene rings is 2. The quantitative estimate of drug-likeness (QED) is 0.632. The Hall–Kier alpha value is -2.90. The van der Waals surface area contributed by atoms with Crippen LogP contribution >= 0.6 is 0 Å². The van der Waals surface area contributed by atoms with E-state index in [2.05, 4.69) is 10.3 Å². The molecule has 1 heterocycles. The van der Waals surface area contributed by atoms with Crippen LogP contribution < -0.4 is 15.2 Å². The number of primary sulfonamides is 1. The Kier molecular flexibility index (Phi) is 5.02. The Morgan fingerprint density at radius 1 is 1.07 bits per heavy atom. The predicted octanol–water partition coefficient (Wildman–Crippen LogP) is 3.93. The normalized spacial score (nSPS) is 13.9. The monoisotopic (exact) mass is 395 g/mol. The number of nitrogens with zero attached hydrogens (tertiary/aromatic N) is 1. The predicted molar refractivity (Wildman–Crippen MR) is 108 cm³/mol. The number of nitrogens with two attached hydrogens (primary N) is 1. The van der Waals surface area contributed by atoms with Crippen LogP contribution in [0.2, 0.25) is 0 Å². The van der Waals surface area contributed by atoms with Crippen molar-refractivity contribution in [1.82, 2.24) is 4.98 Å². The molecule has 0 aliphatic heterocycles. The van der Waals surface area contributed by atoms with Crippen LogP contribution in [0.25, 0.3) is 0 Å². The van der Waals surface area contributed by atoms with Crippen molar-refractivity contribution < 1.29 is 13.2 Å². The van der Waals surface area contributed by atoms with E-state index in [9.17, 15) is 8.42 Å². The van der Waals surface area contributed by atoms with Gasteiger partial charge in [0, 0.05) is 17.6 Å². The van der Waals surface area contributed by atoms with Crippen molar-refractivity contribution in [2.45, 2.75) is 30.3 Å². The summed E-state index contributed by atoms with van der Waals surface area (Å²) in [5.41, 5.74) is 3.66. The topological polar surface area (TPSA) is 94.3 Å². The maximum atomic E-state index is 11.6. The minimum absolute atomic E-state index is 0.0841. The smallest absolute Gasteiger partial charge is 0.238 e. The molecule has 1 aliphatic carbocycles. The molecule has 3 aromatic rings. The van der Waals surface area contributed by atoms with Crippen molar-refractivity contribution in [2.24, 2.45) is 5.14 Å². The van der Waals surface area contributed by atoms with Crippen LogP contribution in [0.15, 0.2) is 71.8 Å². The standard InChI is InChI=1S/C21H21N3O3S/c22-28(25,26)19-6-3-5-16(12-19)24-21-10-9-18(13-20(21)15-7-8-15)27-14-17-4-1-2-11-23-17/h1-6,9-13,15,24H,7-8,14H2,(H2,22,25,26). The zero-order valence-corrected chi connectivity index (χ0v) is 16.0. The van der Waals surface area contributed by atoms with Crippen molar-refractivity contribution >= 4 is 21.4 Å². The van der Waals surface area contributed by atoms with Crippen LogP contribution in [-0.4, -0.2) is 13.4 Å². The van der Waals surface area contributed by atoms with Crippen LogP contribution in [0, 0.1) is 0 Å². The number of ether oxygens (including phenoxy) is 1. The summed E-state index contributed by atoms with van der Waals surface area (Å²) in [7, 11) is -3.74. The van der Waals surface area contributed by atoms with E-state index in [1.165, 1.54) is 17.7 Å². The van der Waals surface area contributed by atoms with E-state index in [0.717, 1.165) is 30.0 Å². The molecule has 0 atom stereocenters. The van der Waals surface area contributed by atoms with Gasteiger partial charge in [0.1, 0.15) is 12.4 Å². The second kappa shape index (κ2) is 7.61. The molecule has 7 heteroatoms. The van der Waals surface area contributed by atoms with Gasteiger partial charge >= 0.3 is 0 Å². The zero-order valence-electron chi connectivity index (χ0n) is 15.2. The van der Waals surface area contributed by atoms with Gasteiger partial charge in [-0.05, 0) is 72.9 Å². The van der Waals surface area contributed by atoms with Crippen molar-refractivity contribution in [1.29, 1.82) is 0 Å². The van der Waals surface area contributed by atoms with Gasteiger partial charge in [0.2, 0.25) is 10.0 Å². The van der Waals surface area contributed by atoms with Crippen LogP contribution in [0.4, 0.5) is 11.4 Å². The maximum Gasteiger partial charge on any atom is 0.238 e. The number of aromatic nitrogens is 1. The van der Waals surface area contributed by atoms with Crippen LogP contribution in [-0.2, 0) is 16.6 Å². The van der Waals surface area contributed by atoms with E-state index in [-0.39, 0.29) is 4.90 Å². The van der Waals surface area contributed by atoms with E-state index in [0.29, 0.717) is 18.2 Å². The number of rotatable bonds is 7. The average molecular weight is 395 g/mol. The summed E-state index contributed by atoms with van der Waals surface area (Å²) >= 11 is 0. The van der Waals surface area contributed by atoms with E-state index in [1.54, 1.807) is 12.3 Å². The maximum absolute atomic E-state index is 11.6. The summed E-state index contributed by atoms with van der Waals surface area (Å²) in [6.07, 6.45) is 4.02. The molecule has 2 aromatic carbocycles. The number of sulfonamides is 1. The van der Waals surface area contributed by atoms with E-state index in [4.69, 9.17) is 9.88 Å². The molecular formula is C21H21N3O3S. The lowest BCUT2D eigenvalue weighted by atomic mass is 10.1. The summed E-state index contributed by atoms with van der Waals surface area (Å²) in [5.74, 6) is 1.28. The van der Waals surface area contributed by atoms with Gasteiger partial charge in [-0.15, -0.1) is 0 Å². The number of anilines is 2. The lowest BCUT2D eigenvalue weighted by Crippen LogP contribution is -2.12. The Morgan fingerprint density at radius 2 is 1.93 bits per heavy atom. The summed E-state index contributed by atoms with van der Waals surface area (Å²) in [6, 6.07) is 18.2. The first-order valence-corrected chi connectivity index (χ1v) is 10.6. The SMILES string of the molecule is NS(=O)(=O)c1cccc(Nc2ccc(OCc3ccccn3)cc2C2CC2)c1. The Balaban J connectivity index is 1.55. The van der Waals surface area contributed by atoms with Crippen LogP contribution in [0.1, 0.15) is 30.0 Å². The number of hydrogen-bond acceptors (Lipinski definition) is 5. The fourth-order valence-electron chi connectivity index (χ4n) is 3.02. The lowest BCUT2D eigenvalue weighted by Gasteiger charge is -2.15. The second-order valence-electron chi connectivity index (χ2n) is 6.83. The third kappa shape index (κ3) is 4.49. The highest BCUT2D eigenvalue weighted by Crippen LogP contribution is 2.45.